The summed E-state index contributed by atoms with van der Waals surface area (Å²) in [5.74, 6) is -1.68. The van der Waals surface area contributed by atoms with Crippen LogP contribution in [0, 0.1) is 17.3 Å². The van der Waals surface area contributed by atoms with E-state index in [0.29, 0.717) is 17.1 Å². The number of aliphatic hydroxyl groups excluding tert-OH is 2. The van der Waals surface area contributed by atoms with Crippen LogP contribution >= 0.6 is 11.3 Å². The molecule has 2 aliphatic heterocycles. The van der Waals surface area contributed by atoms with Gasteiger partial charge in [-0.05, 0) is 49.8 Å². The van der Waals surface area contributed by atoms with Crippen LogP contribution < -0.4 is 0 Å². The van der Waals surface area contributed by atoms with E-state index in [1.54, 1.807) is 20.8 Å². The predicted molar refractivity (Wildman–Crippen MR) is 144 cm³/mol. The molecule has 3 rings (SSSR count). The summed E-state index contributed by atoms with van der Waals surface area (Å²) in [4.78, 5) is 33.5. The summed E-state index contributed by atoms with van der Waals surface area (Å²) in [6.45, 7) is 10.9. The Labute approximate surface area is 228 Å². The summed E-state index contributed by atoms with van der Waals surface area (Å²) < 4.78 is 11.9. The summed E-state index contributed by atoms with van der Waals surface area (Å²) in [5, 5.41) is 27.8. The van der Waals surface area contributed by atoms with Crippen LogP contribution in [0.3, 0.4) is 0 Å². The van der Waals surface area contributed by atoms with Crippen LogP contribution in [0.2, 0.25) is 0 Å². The normalized spacial score (nSPS) is 35.1. The predicted octanol–water partition coefficient (Wildman–Crippen LogP) is 4.98. The lowest BCUT2D eigenvalue weighted by Gasteiger charge is -2.34. The number of carbonyl (C=O) groups is 2. The number of azide groups is 1. The van der Waals surface area contributed by atoms with E-state index in [9.17, 15) is 19.8 Å². The van der Waals surface area contributed by atoms with Crippen molar-refractivity contribution < 1.29 is 29.3 Å². The van der Waals surface area contributed by atoms with E-state index in [2.05, 4.69) is 15.0 Å². The van der Waals surface area contributed by atoms with Crippen LogP contribution in [0.1, 0.15) is 84.3 Å². The number of rotatable bonds is 4. The SMILES string of the molecule is CC(=Cc1csc(CN=[N+]=[N-])n1)[C@@H]1C[C@@H]2O[C@]2(C)CCC[C@H](C)[C@H](O)[C@@H](C)C(=O)C(C)(C)[C@@H](O)CC(=O)O1. The second-order valence-corrected chi connectivity index (χ2v) is 12.5. The van der Waals surface area contributed by atoms with E-state index in [4.69, 9.17) is 15.0 Å². The maximum absolute atomic E-state index is 13.3. The van der Waals surface area contributed by atoms with Crippen molar-refractivity contribution in [3.63, 3.8) is 0 Å². The molecule has 0 radical (unpaired) electrons. The van der Waals surface area contributed by atoms with Crippen molar-refractivity contribution in [1.82, 2.24) is 4.98 Å². The van der Waals surface area contributed by atoms with Gasteiger partial charge in [-0.25, -0.2) is 4.98 Å². The molecule has 2 saturated heterocycles. The zero-order valence-electron chi connectivity index (χ0n) is 23.1. The molecule has 0 bridgehead atoms. The van der Waals surface area contributed by atoms with Gasteiger partial charge in [-0.1, -0.05) is 39.2 Å². The number of ketones is 1. The first-order chi connectivity index (χ1) is 17.8. The summed E-state index contributed by atoms with van der Waals surface area (Å²) in [6, 6.07) is 0. The molecular formula is C27H40N4O6S. The van der Waals surface area contributed by atoms with Crippen LogP contribution in [-0.4, -0.2) is 57.0 Å². The van der Waals surface area contributed by atoms with E-state index in [0.717, 1.165) is 24.8 Å². The number of carbonyl (C=O) groups excluding carboxylic acids is 2. The topological polar surface area (TPSA) is 158 Å². The van der Waals surface area contributed by atoms with Crippen molar-refractivity contribution in [2.24, 2.45) is 22.4 Å². The molecule has 2 fully saturated rings. The number of hydrogen-bond acceptors (Lipinski definition) is 9. The summed E-state index contributed by atoms with van der Waals surface area (Å²) in [6.07, 6.45) is 1.48. The molecule has 3 heterocycles. The fourth-order valence-corrected chi connectivity index (χ4v) is 5.84. The third-order valence-electron chi connectivity index (χ3n) is 8.13. The molecule has 0 amide bonds. The molecule has 38 heavy (non-hydrogen) atoms. The first kappa shape index (κ1) is 30.2. The van der Waals surface area contributed by atoms with Gasteiger partial charge in [0.25, 0.3) is 0 Å². The monoisotopic (exact) mass is 548 g/mol. The number of aliphatic hydroxyl groups is 2. The summed E-state index contributed by atoms with van der Waals surface area (Å²) >= 11 is 1.38. The average Bonchev–Trinajstić information content (AvgIpc) is 3.27. The van der Waals surface area contributed by atoms with Gasteiger partial charge in [-0.3, -0.25) is 9.59 Å². The lowest BCUT2D eigenvalue weighted by molar-refractivity contribution is -0.154. The van der Waals surface area contributed by atoms with Gasteiger partial charge in [-0.2, -0.15) is 0 Å². The van der Waals surface area contributed by atoms with Crippen LogP contribution in [-0.2, 0) is 25.6 Å². The zero-order chi connectivity index (χ0) is 28.3. The minimum atomic E-state index is -1.27. The molecule has 11 heteroatoms. The van der Waals surface area contributed by atoms with Gasteiger partial charge >= 0.3 is 5.97 Å². The highest BCUT2D eigenvalue weighted by molar-refractivity contribution is 7.09. The molecule has 0 aromatic carbocycles. The minimum absolute atomic E-state index is 0.0969. The zero-order valence-corrected chi connectivity index (χ0v) is 23.9. The highest BCUT2D eigenvalue weighted by Crippen LogP contribution is 2.45. The Kier molecular flexibility index (Phi) is 9.76. The third-order valence-corrected chi connectivity index (χ3v) is 8.98. The number of thiazole rings is 1. The number of aromatic nitrogens is 1. The number of esters is 1. The Morgan fingerprint density at radius 1 is 1.32 bits per heavy atom. The maximum Gasteiger partial charge on any atom is 0.309 e. The highest BCUT2D eigenvalue weighted by atomic mass is 32.1. The Morgan fingerprint density at radius 3 is 2.71 bits per heavy atom. The fraction of sp³-hybridized carbons (Fsp3) is 0.741. The second kappa shape index (κ2) is 12.3. The summed E-state index contributed by atoms with van der Waals surface area (Å²) in [7, 11) is 0. The highest BCUT2D eigenvalue weighted by Gasteiger charge is 2.53. The lowest BCUT2D eigenvalue weighted by atomic mass is 9.73. The molecule has 2 N–H and O–H groups in total. The first-order valence-corrected chi connectivity index (χ1v) is 14.1. The molecule has 0 aliphatic carbocycles. The second-order valence-electron chi connectivity index (χ2n) is 11.5. The molecule has 2 aliphatic rings. The average molecular weight is 549 g/mol. The molecule has 1 aromatic heterocycles. The number of epoxide rings is 1. The molecule has 0 spiro atoms. The minimum Gasteiger partial charge on any atom is -0.458 e. The van der Waals surface area contributed by atoms with Gasteiger partial charge in [0.2, 0.25) is 0 Å². The number of ether oxygens (including phenoxy) is 2. The van der Waals surface area contributed by atoms with Crippen molar-refractivity contribution in [3.8, 4) is 0 Å². The molecule has 210 valence electrons. The van der Waals surface area contributed by atoms with Crippen LogP contribution in [0.25, 0.3) is 16.5 Å². The van der Waals surface area contributed by atoms with Crippen molar-refractivity contribution in [1.29, 1.82) is 0 Å². The molecular weight excluding hydrogens is 508 g/mol. The smallest absolute Gasteiger partial charge is 0.309 e. The number of hydrogen-bond donors (Lipinski definition) is 2. The fourth-order valence-electron chi connectivity index (χ4n) is 5.18. The van der Waals surface area contributed by atoms with E-state index in [1.807, 2.05) is 32.2 Å². The number of cyclic esters (lactones) is 1. The molecule has 0 unspecified atom stereocenters. The van der Waals surface area contributed by atoms with Gasteiger partial charge in [-0.15, -0.1) is 11.3 Å². The van der Waals surface area contributed by atoms with E-state index < -0.39 is 35.6 Å². The van der Waals surface area contributed by atoms with Crippen LogP contribution in [0.15, 0.2) is 16.1 Å². The van der Waals surface area contributed by atoms with E-state index in [1.165, 1.54) is 11.3 Å². The third kappa shape index (κ3) is 7.21. The number of fused-ring (bicyclic) bond motifs is 1. The van der Waals surface area contributed by atoms with Crippen molar-refractivity contribution in [2.45, 2.75) is 110 Å². The lowest BCUT2D eigenvalue weighted by Crippen LogP contribution is -2.45. The number of Topliss-reactive ketones (excluding diaryl/α,β-unsaturated/α-hetero) is 1. The van der Waals surface area contributed by atoms with Gasteiger partial charge < -0.3 is 19.7 Å². The van der Waals surface area contributed by atoms with E-state index >= 15 is 0 Å². The Morgan fingerprint density at radius 2 is 2.03 bits per heavy atom. The van der Waals surface area contributed by atoms with Crippen molar-refractivity contribution in [2.75, 3.05) is 0 Å². The Balaban J connectivity index is 1.85. The molecule has 0 saturated carbocycles. The molecule has 7 atom stereocenters. The number of nitrogens with zero attached hydrogens (tertiary/aromatic N) is 4. The van der Waals surface area contributed by atoms with Gasteiger partial charge in [0.15, 0.2) is 0 Å². The Hall–Kier alpha value is -2.30. The van der Waals surface area contributed by atoms with Gasteiger partial charge in [0.05, 0.1) is 53.0 Å². The van der Waals surface area contributed by atoms with Gasteiger partial charge in [0, 0.05) is 22.6 Å². The standard InChI is InChI=1S/C27H40N4O6S/c1-15-8-7-9-27(6)21(37-27)11-19(16(2)10-18-14-38-22(30-18)13-29-31-28)36-23(33)12-20(32)26(4,5)25(35)17(3)24(15)34/h10,14-15,17,19-21,24,32,34H,7-9,11-13H2,1-6H3/t15-,17+,19-,20-,21-,24-,27+/m0/s1. The first-order valence-electron chi connectivity index (χ1n) is 13.2. The molecule has 1 aromatic rings. The van der Waals surface area contributed by atoms with Gasteiger partial charge in [0.1, 0.15) is 11.9 Å². The molecule has 10 nitrogen and oxygen atoms in total. The quantitative estimate of drug-likeness (QED) is 0.176. The summed E-state index contributed by atoms with van der Waals surface area (Å²) in [5.41, 5.74) is 8.39. The van der Waals surface area contributed by atoms with Crippen LogP contribution in [0.4, 0.5) is 0 Å². The van der Waals surface area contributed by atoms with E-state index in [-0.39, 0.29) is 36.4 Å². The van der Waals surface area contributed by atoms with Crippen LogP contribution in [0.5, 0.6) is 0 Å². The van der Waals surface area contributed by atoms with Crippen molar-refractivity contribution >= 4 is 29.2 Å². The maximum atomic E-state index is 13.3. The Bertz CT molecular complexity index is 1100. The van der Waals surface area contributed by atoms with Crippen molar-refractivity contribution in [3.05, 3.63) is 32.1 Å². The largest absolute Gasteiger partial charge is 0.458 e.